The minimum atomic E-state index is -0.482. The first-order valence-electron chi connectivity index (χ1n) is 7.77. The van der Waals surface area contributed by atoms with E-state index in [4.69, 9.17) is 5.73 Å². The summed E-state index contributed by atoms with van der Waals surface area (Å²) < 4.78 is 0. The van der Waals surface area contributed by atoms with Crippen molar-refractivity contribution in [2.24, 2.45) is 5.73 Å². The zero-order chi connectivity index (χ0) is 15.7. The fourth-order valence-corrected chi connectivity index (χ4v) is 3.65. The molecule has 0 spiro atoms. The average Bonchev–Trinajstić information content (AvgIpc) is 2.91. The zero-order valence-corrected chi connectivity index (χ0v) is 13.6. The van der Waals surface area contributed by atoms with Gasteiger partial charge < -0.3 is 15.6 Å². The highest BCUT2D eigenvalue weighted by Crippen LogP contribution is 2.32. The quantitative estimate of drug-likeness (QED) is 0.601. The largest absolute Gasteiger partial charge is 0.334 e. The summed E-state index contributed by atoms with van der Waals surface area (Å²) in [6.07, 6.45) is 3.58. The van der Waals surface area contributed by atoms with Crippen LogP contribution in [0.4, 0.5) is 0 Å². The number of rotatable bonds is 3. The van der Waals surface area contributed by atoms with E-state index in [2.05, 4.69) is 22.6 Å². The van der Waals surface area contributed by atoms with Gasteiger partial charge in [-0.05, 0) is 44.7 Å². The molecule has 1 fully saturated rings. The number of amides is 1. The fraction of sp³-hybridized carbons (Fsp3) is 0.500. The van der Waals surface area contributed by atoms with E-state index in [0.717, 1.165) is 36.7 Å². The summed E-state index contributed by atoms with van der Waals surface area (Å²) in [5.41, 5.74) is 7.86. The maximum Gasteiger partial charge on any atom is 0.289 e. The van der Waals surface area contributed by atoms with Crippen LogP contribution in [0.2, 0.25) is 0 Å². The van der Waals surface area contributed by atoms with E-state index in [1.807, 2.05) is 36.1 Å². The lowest BCUT2D eigenvalue weighted by atomic mass is 9.89. The van der Waals surface area contributed by atoms with E-state index in [0.29, 0.717) is 12.4 Å². The Hall–Kier alpha value is -1.53. The van der Waals surface area contributed by atoms with Gasteiger partial charge in [0.1, 0.15) is 0 Å². The number of imidazole rings is 1. The third-order valence-corrected chi connectivity index (χ3v) is 4.78. The maximum atomic E-state index is 12.8. The van der Waals surface area contributed by atoms with Crippen LogP contribution in [-0.2, 0) is 0 Å². The van der Waals surface area contributed by atoms with Gasteiger partial charge in [0, 0.05) is 12.6 Å². The summed E-state index contributed by atoms with van der Waals surface area (Å²) >= 11 is 4.52. The molecular weight excluding hydrogens is 296 g/mol. The molecule has 1 unspecified atom stereocenters. The van der Waals surface area contributed by atoms with Crippen LogP contribution in [0.1, 0.15) is 43.2 Å². The highest BCUT2D eigenvalue weighted by Gasteiger charge is 2.35. The first-order chi connectivity index (χ1) is 10.5. The van der Waals surface area contributed by atoms with Crippen LogP contribution in [0.3, 0.4) is 0 Å². The number of nitrogens with two attached hydrogens (primary N) is 1. The van der Waals surface area contributed by atoms with E-state index in [-0.39, 0.29) is 11.9 Å². The number of hydrogen-bond acceptors (Lipinski definition) is 4. The first-order valence-corrected chi connectivity index (χ1v) is 8.22. The lowest BCUT2D eigenvalue weighted by molar-refractivity contribution is 0.0619. The minimum Gasteiger partial charge on any atom is -0.334 e. The monoisotopic (exact) mass is 318 g/mol. The average molecular weight is 318 g/mol. The highest BCUT2D eigenvalue weighted by atomic mass is 32.1. The Kier molecular flexibility index (Phi) is 4.14. The molecule has 1 amide bonds. The molecule has 1 aliphatic carbocycles. The summed E-state index contributed by atoms with van der Waals surface area (Å²) in [4.78, 5) is 21.7. The molecule has 5 nitrogen and oxygen atoms in total. The number of fused-ring (bicyclic) bond motifs is 1. The van der Waals surface area contributed by atoms with Gasteiger partial charge in [0.15, 0.2) is 5.82 Å². The molecule has 0 radical (unpaired) electrons. The molecule has 6 heteroatoms. The van der Waals surface area contributed by atoms with Gasteiger partial charge in [0.2, 0.25) is 0 Å². The molecule has 1 aliphatic rings. The van der Waals surface area contributed by atoms with Gasteiger partial charge in [-0.25, -0.2) is 4.98 Å². The smallest absolute Gasteiger partial charge is 0.289 e. The number of benzene rings is 1. The Balaban J connectivity index is 1.84. The second-order valence-electron chi connectivity index (χ2n) is 6.05. The molecule has 1 saturated carbocycles. The number of nitrogens with zero attached hydrogens (tertiary/aromatic N) is 2. The summed E-state index contributed by atoms with van der Waals surface area (Å²) in [5, 5.41) is 0. The molecular formula is C16H22N4OS. The number of para-hydroxylation sites is 2. The van der Waals surface area contributed by atoms with Crippen molar-refractivity contribution >= 4 is 29.6 Å². The lowest BCUT2D eigenvalue weighted by Crippen LogP contribution is -2.49. The normalized spacial score (nSPS) is 25.3. The predicted octanol–water partition coefficient (Wildman–Crippen LogP) is 2.55. The van der Waals surface area contributed by atoms with Crippen molar-refractivity contribution in [1.29, 1.82) is 0 Å². The van der Waals surface area contributed by atoms with E-state index < -0.39 is 4.87 Å². The van der Waals surface area contributed by atoms with Crippen molar-refractivity contribution in [1.82, 2.24) is 14.9 Å². The maximum absolute atomic E-state index is 12.8. The molecule has 0 bridgehead atoms. The fourth-order valence-electron chi connectivity index (χ4n) is 3.28. The van der Waals surface area contributed by atoms with Crippen molar-refractivity contribution in [3.8, 4) is 0 Å². The van der Waals surface area contributed by atoms with Gasteiger partial charge in [-0.1, -0.05) is 12.1 Å². The topological polar surface area (TPSA) is 75.0 Å². The third-order valence-electron chi connectivity index (χ3n) is 4.37. The Bertz CT molecular complexity index is 649. The van der Waals surface area contributed by atoms with Crippen molar-refractivity contribution in [2.75, 3.05) is 6.54 Å². The SMILES string of the molecule is CCN(C(=O)c1nc2ccccc2[nH]1)[C@H]1CCCC(N)(S)C1. The number of carbonyl (C=O) groups is 1. The van der Waals surface area contributed by atoms with Crippen LogP contribution in [-0.4, -0.2) is 38.2 Å². The summed E-state index contributed by atoms with van der Waals surface area (Å²) in [7, 11) is 0. The predicted molar refractivity (Wildman–Crippen MR) is 91.0 cm³/mol. The molecule has 118 valence electrons. The number of aromatic amines is 1. The summed E-state index contributed by atoms with van der Waals surface area (Å²) in [6.45, 7) is 2.64. The molecule has 1 aromatic heterocycles. The van der Waals surface area contributed by atoms with Crippen LogP contribution in [0, 0.1) is 0 Å². The molecule has 3 rings (SSSR count). The van der Waals surface area contributed by atoms with Gasteiger partial charge in [-0.2, -0.15) is 12.6 Å². The Morgan fingerprint density at radius 1 is 1.55 bits per heavy atom. The Morgan fingerprint density at radius 2 is 2.32 bits per heavy atom. The molecule has 3 N–H and O–H groups in total. The van der Waals surface area contributed by atoms with Gasteiger partial charge in [-0.15, -0.1) is 0 Å². The Labute approximate surface area is 135 Å². The van der Waals surface area contributed by atoms with Crippen LogP contribution < -0.4 is 5.73 Å². The van der Waals surface area contributed by atoms with Crippen molar-refractivity contribution in [3.05, 3.63) is 30.1 Å². The second kappa shape index (κ2) is 5.93. The number of H-pyrrole nitrogens is 1. The van der Waals surface area contributed by atoms with Gasteiger partial charge in [-0.3, -0.25) is 4.79 Å². The highest BCUT2D eigenvalue weighted by molar-refractivity contribution is 7.81. The molecule has 0 aliphatic heterocycles. The van der Waals surface area contributed by atoms with Crippen LogP contribution in [0.5, 0.6) is 0 Å². The first kappa shape index (κ1) is 15.4. The molecule has 1 heterocycles. The van der Waals surface area contributed by atoms with Crippen molar-refractivity contribution in [3.63, 3.8) is 0 Å². The molecule has 1 aromatic carbocycles. The van der Waals surface area contributed by atoms with Crippen LogP contribution in [0.15, 0.2) is 24.3 Å². The van der Waals surface area contributed by atoms with Gasteiger partial charge >= 0.3 is 0 Å². The number of carbonyl (C=O) groups excluding carboxylic acids is 1. The number of aromatic nitrogens is 2. The standard InChI is InChI=1S/C16H22N4OS/c1-2-20(11-6-5-9-16(17,22)10-11)15(21)14-18-12-7-3-4-8-13(12)19-14/h3-4,7-8,11,22H,2,5-6,9-10,17H2,1H3,(H,18,19)/t11-,16?/m0/s1. The lowest BCUT2D eigenvalue weighted by Gasteiger charge is -2.39. The van der Waals surface area contributed by atoms with Crippen LogP contribution >= 0.6 is 12.6 Å². The Morgan fingerprint density at radius 3 is 3.00 bits per heavy atom. The molecule has 22 heavy (non-hydrogen) atoms. The minimum absolute atomic E-state index is 0.0604. The van der Waals surface area contributed by atoms with E-state index >= 15 is 0 Å². The van der Waals surface area contributed by atoms with Gasteiger partial charge in [0.25, 0.3) is 5.91 Å². The zero-order valence-electron chi connectivity index (χ0n) is 12.7. The van der Waals surface area contributed by atoms with E-state index in [9.17, 15) is 4.79 Å². The molecule has 0 saturated heterocycles. The molecule has 2 aromatic rings. The number of thiol groups is 1. The van der Waals surface area contributed by atoms with E-state index in [1.165, 1.54) is 0 Å². The summed E-state index contributed by atoms with van der Waals surface area (Å²) in [6, 6.07) is 7.80. The second-order valence-corrected chi connectivity index (χ2v) is 6.94. The number of nitrogens with one attached hydrogen (secondary N) is 1. The summed E-state index contributed by atoms with van der Waals surface area (Å²) in [5.74, 6) is 0.338. The molecule has 2 atom stereocenters. The van der Waals surface area contributed by atoms with Gasteiger partial charge in [0.05, 0.1) is 15.9 Å². The van der Waals surface area contributed by atoms with Crippen LogP contribution in [0.25, 0.3) is 11.0 Å². The van der Waals surface area contributed by atoms with E-state index in [1.54, 1.807) is 0 Å². The van der Waals surface area contributed by atoms with Crippen molar-refractivity contribution in [2.45, 2.75) is 43.5 Å². The number of hydrogen-bond donors (Lipinski definition) is 3. The third kappa shape index (κ3) is 2.98. The van der Waals surface area contributed by atoms with Crippen molar-refractivity contribution < 1.29 is 4.79 Å².